The standard InChI is InChI=1S/C22H31N3O2/c1-15-16(2)20(27-4)9-8-17(15)12-25-13-18-6-5-7-19(14-25)22(18,26)21-23-10-11-24(21)3/h8-11,18-19,26H,5-7,12-14H2,1-4H3/t18-,19-/m0/s1. The molecule has 0 radical (unpaired) electrons. The topological polar surface area (TPSA) is 50.5 Å². The molecule has 2 aromatic rings. The van der Waals surface area contributed by atoms with Crippen LogP contribution in [0.1, 0.15) is 41.8 Å². The molecule has 2 fully saturated rings. The van der Waals surface area contributed by atoms with E-state index in [4.69, 9.17) is 4.74 Å². The quantitative estimate of drug-likeness (QED) is 0.899. The fourth-order valence-corrected chi connectivity index (χ4v) is 5.27. The SMILES string of the molecule is COc1ccc(CN2C[C@@H]3CCC[C@@H](C2)C3(O)c2nccn2C)c(C)c1C. The lowest BCUT2D eigenvalue weighted by Gasteiger charge is -2.52. The Morgan fingerprint density at radius 2 is 1.89 bits per heavy atom. The summed E-state index contributed by atoms with van der Waals surface area (Å²) < 4.78 is 7.45. The van der Waals surface area contributed by atoms with Crippen molar-refractivity contribution in [3.05, 3.63) is 47.0 Å². The number of rotatable bonds is 4. The predicted octanol–water partition coefficient (Wildman–Crippen LogP) is 3.17. The minimum absolute atomic E-state index is 0.241. The molecule has 1 N–H and O–H groups in total. The first kappa shape index (κ1) is 18.5. The van der Waals surface area contributed by atoms with Crippen LogP contribution in [0, 0.1) is 25.7 Å². The van der Waals surface area contributed by atoms with Crippen LogP contribution in [0.3, 0.4) is 0 Å². The van der Waals surface area contributed by atoms with Gasteiger partial charge in [-0.25, -0.2) is 4.98 Å². The fraction of sp³-hybridized carbons (Fsp3) is 0.591. The van der Waals surface area contributed by atoms with Crippen molar-refractivity contribution in [3.8, 4) is 5.75 Å². The number of hydrogen-bond donors (Lipinski definition) is 1. The van der Waals surface area contributed by atoms with Crippen molar-refractivity contribution in [2.75, 3.05) is 20.2 Å². The molecule has 1 aliphatic heterocycles. The molecule has 2 heterocycles. The number of imidazole rings is 1. The lowest BCUT2D eigenvalue weighted by Crippen LogP contribution is -2.58. The maximum absolute atomic E-state index is 11.7. The zero-order valence-electron chi connectivity index (χ0n) is 16.9. The van der Waals surface area contributed by atoms with Crippen LogP contribution in [0.2, 0.25) is 0 Å². The summed E-state index contributed by atoms with van der Waals surface area (Å²) in [6.07, 6.45) is 7.09. The number of aryl methyl sites for hydroxylation is 1. The Hall–Kier alpha value is -1.85. The molecule has 5 nitrogen and oxygen atoms in total. The highest BCUT2D eigenvalue weighted by atomic mass is 16.5. The lowest BCUT2D eigenvalue weighted by molar-refractivity contribution is -0.155. The zero-order valence-corrected chi connectivity index (χ0v) is 16.9. The van der Waals surface area contributed by atoms with Gasteiger partial charge in [0.1, 0.15) is 17.2 Å². The van der Waals surface area contributed by atoms with Crippen LogP contribution < -0.4 is 4.74 Å². The van der Waals surface area contributed by atoms with Gasteiger partial charge in [-0.3, -0.25) is 4.90 Å². The number of likely N-dealkylation sites (tertiary alicyclic amines) is 1. The van der Waals surface area contributed by atoms with Gasteiger partial charge >= 0.3 is 0 Å². The van der Waals surface area contributed by atoms with Gasteiger partial charge in [0, 0.05) is 50.9 Å². The molecule has 146 valence electrons. The van der Waals surface area contributed by atoms with Crippen LogP contribution in [0.5, 0.6) is 5.75 Å². The minimum atomic E-state index is -0.794. The molecule has 1 saturated carbocycles. The normalized spacial score (nSPS) is 28.3. The summed E-state index contributed by atoms with van der Waals surface area (Å²) in [4.78, 5) is 7.06. The van der Waals surface area contributed by atoms with Crippen molar-refractivity contribution >= 4 is 0 Å². The van der Waals surface area contributed by atoms with E-state index in [0.29, 0.717) is 0 Å². The average Bonchev–Trinajstić information content (AvgIpc) is 3.07. The van der Waals surface area contributed by atoms with Gasteiger partial charge in [-0.1, -0.05) is 12.5 Å². The van der Waals surface area contributed by atoms with Crippen molar-refractivity contribution in [3.63, 3.8) is 0 Å². The smallest absolute Gasteiger partial charge is 0.141 e. The Morgan fingerprint density at radius 3 is 2.48 bits per heavy atom. The van der Waals surface area contributed by atoms with Crippen molar-refractivity contribution in [1.29, 1.82) is 0 Å². The van der Waals surface area contributed by atoms with E-state index in [0.717, 1.165) is 44.0 Å². The first-order chi connectivity index (χ1) is 12.9. The molecule has 4 rings (SSSR count). The van der Waals surface area contributed by atoms with Crippen molar-refractivity contribution in [2.24, 2.45) is 18.9 Å². The van der Waals surface area contributed by atoms with Crippen molar-refractivity contribution < 1.29 is 9.84 Å². The van der Waals surface area contributed by atoms with Crippen molar-refractivity contribution in [2.45, 2.75) is 45.3 Å². The molecular formula is C22H31N3O2. The summed E-state index contributed by atoms with van der Waals surface area (Å²) >= 11 is 0. The van der Waals surface area contributed by atoms with Crippen LogP contribution >= 0.6 is 0 Å². The molecule has 1 aromatic carbocycles. The number of fused-ring (bicyclic) bond motifs is 2. The summed E-state index contributed by atoms with van der Waals surface area (Å²) in [5.74, 6) is 2.28. The lowest BCUT2D eigenvalue weighted by atomic mass is 9.65. The van der Waals surface area contributed by atoms with E-state index in [9.17, 15) is 5.11 Å². The summed E-state index contributed by atoms with van der Waals surface area (Å²) in [6.45, 7) is 7.08. The maximum atomic E-state index is 11.7. The van der Waals surface area contributed by atoms with Gasteiger partial charge in [-0.05, 0) is 49.4 Å². The van der Waals surface area contributed by atoms with Gasteiger partial charge in [-0.15, -0.1) is 0 Å². The summed E-state index contributed by atoms with van der Waals surface area (Å²) in [6, 6.07) is 4.27. The third kappa shape index (κ3) is 2.97. The average molecular weight is 370 g/mol. The molecule has 0 spiro atoms. The van der Waals surface area contributed by atoms with Gasteiger partial charge < -0.3 is 14.4 Å². The molecule has 2 aliphatic rings. The Kier molecular flexibility index (Phi) is 4.77. The predicted molar refractivity (Wildman–Crippen MR) is 106 cm³/mol. The van der Waals surface area contributed by atoms with Crippen LogP contribution in [-0.4, -0.2) is 39.8 Å². The number of piperidine rings is 1. The second-order valence-corrected chi connectivity index (χ2v) is 8.38. The van der Waals surface area contributed by atoms with E-state index in [2.05, 4.69) is 35.9 Å². The maximum Gasteiger partial charge on any atom is 0.141 e. The number of hydrogen-bond acceptors (Lipinski definition) is 4. The van der Waals surface area contributed by atoms with Gasteiger partial charge in [0.15, 0.2) is 0 Å². The van der Waals surface area contributed by atoms with Gasteiger partial charge in [0.05, 0.1) is 7.11 Å². The fourth-order valence-electron chi connectivity index (χ4n) is 5.27. The third-order valence-electron chi connectivity index (χ3n) is 6.95. The second kappa shape index (κ2) is 6.95. The summed E-state index contributed by atoms with van der Waals surface area (Å²) in [7, 11) is 3.72. The Bertz CT molecular complexity index is 815. The van der Waals surface area contributed by atoms with Crippen molar-refractivity contribution in [1.82, 2.24) is 14.5 Å². The molecule has 5 heteroatoms. The van der Waals surface area contributed by atoms with Gasteiger partial charge in [-0.2, -0.15) is 0 Å². The largest absolute Gasteiger partial charge is 0.496 e. The van der Waals surface area contributed by atoms with E-state index in [1.54, 1.807) is 13.3 Å². The third-order valence-corrected chi connectivity index (χ3v) is 6.95. The van der Waals surface area contributed by atoms with E-state index in [-0.39, 0.29) is 11.8 Å². The first-order valence-electron chi connectivity index (χ1n) is 10.0. The monoisotopic (exact) mass is 369 g/mol. The minimum Gasteiger partial charge on any atom is -0.496 e. The van der Waals surface area contributed by atoms with E-state index < -0.39 is 5.60 Å². The number of nitrogens with zero attached hydrogens (tertiary/aromatic N) is 3. The highest BCUT2D eigenvalue weighted by Gasteiger charge is 2.53. The number of ether oxygens (including phenoxy) is 1. The van der Waals surface area contributed by atoms with Crippen LogP contribution in [-0.2, 0) is 19.2 Å². The Balaban J connectivity index is 1.58. The molecule has 1 aromatic heterocycles. The molecule has 2 bridgehead atoms. The molecule has 1 saturated heterocycles. The van der Waals surface area contributed by atoms with Gasteiger partial charge in [0.2, 0.25) is 0 Å². The van der Waals surface area contributed by atoms with Crippen LogP contribution in [0.15, 0.2) is 24.5 Å². The van der Waals surface area contributed by atoms with Crippen LogP contribution in [0.4, 0.5) is 0 Å². The molecule has 27 heavy (non-hydrogen) atoms. The zero-order chi connectivity index (χ0) is 19.2. The molecule has 0 amide bonds. The van der Waals surface area contributed by atoms with Gasteiger partial charge in [0.25, 0.3) is 0 Å². The van der Waals surface area contributed by atoms with E-state index in [1.165, 1.54) is 23.1 Å². The Labute approximate surface area is 162 Å². The first-order valence-corrected chi connectivity index (χ1v) is 10.0. The molecule has 2 atom stereocenters. The summed E-state index contributed by atoms with van der Waals surface area (Å²) in [5.41, 5.74) is 3.09. The van der Waals surface area contributed by atoms with E-state index >= 15 is 0 Å². The molecule has 1 aliphatic carbocycles. The number of aromatic nitrogens is 2. The second-order valence-electron chi connectivity index (χ2n) is 8.38. The highest BCUT2D eigenvalue weighted by Crippen LogP contribution is 2.48. The number of methoxy groups -OCH3 is 1. The number of benzene rings is 1. The summed E-state index contributed by atoms with van der Waals surface area (Å²) in [5, 5.41) is 11.7. The molecular weight excluding hydrogens is 338 g/mol. The van der Waals surface area contributed by atoms with Crippen LogP contribution in [0.25, 0.3) is 0 Å². The van der Waals surface area contributed by atoms with E-state index in [1.807, 2.05) is 17.8 Å². The molecule has 0 unspecified atom stereocenters. The highest BCUT2D eigenvalue weighted by molar-refractivity contribution is 5.43. The number of aliphatic hydroxyl groups is 1. The Morgan fingerprint density at radius 1 is 1.19 bits per heavy atom.